The summed E-state index contributed by atoms with van der Waals surface area (Å²) in [4.78, 5) is 24.5. The van der Waals surface area contributed by atoms with Crippen molar-refractivity contribution in [2.75, 3.05) is 0 Å². The van der Waals surface area contributed by atoms with Gasteiger partial charge in [-0.2, -0.15) is 26.3 Å². The highest BCUT2D eigenvalue weighted by molar-refractivity contribution is 9.10. The quantitative estimate of drug-likeness (QED) is 0.228. The lowest BCUT2D eigenvalue weighted by molar-refractivity contribution is -0.138. The van der Waals surface area contributed by atoms with Gasteiger partial charge in [-0.1, -0.05) is 40.2 Å². The smallest absolute Gasteiger partial charge is 0.297 e. The Kier molecular flexibility index (Phi) is 6.30. The molecule has 0 aliphatic carbocycles. The van der Waals surface area contributed by atoms with Gasteiger partial charge >= 0.3 is 12.4 Å². The van der Waals surface area contributed by atoms with Crippen LogP contribution in [0.4, 0.5) is 26.3 Å². The van der Waals surface area contributed by atoms with Crippen molar-refractivity contribution in [3.63, 3.8) is 0 Å². The summed E-state index contributed by atoms with van der Waals surface area (Å²) in [5.41, 5.74) is -1.85. The first-order chi connectivity index (χ1) is 12.8. The van der Waals surface area contributed by atoms with E-state index in [1.807, 2.05) is 0 Å². The second kappa shape index (κ2) is 7.87. The zero-order chi connectivity index (χ0) is 21.3. The van der Waals surface area contributed by atoms with E-state index in [4.69, 9.17) is 11.6 Å². The lowest BCUT2D eigenvalue weighted by Gasteiger charge is -2.23. The molecule has 1 unspecified atom stereocenters. The van der Waals surface area contributed by atoms with Crippen molar-refractivity contribution in [2.45, 2.75) is 23.1 Å². The highest BCUT2D eigenvalue weighted by Crippen LogP contribution is 2.38. The molecular formula is C18H10BrClF6O2. The number of alkyl halides is 7. The predicted octanol–water partition coefficient (Wildman–Crippen LogP) is 5.89. The van der Waals surface area contributed by atoms with E-state index in [9.17, 15) is 35.9 Å². The van der Waals surface area contributed by atoms with E-state index in [-0.39, 0.29) is 11.1 Å². The molecule has 0 saturated carbocycles. The molecule has 0 aliphatic heterocycles. The van der Waals surface area contributed by atoms with E-state index in [0.717, 1.165) is 36.4 Å². The van der Waals surface area contributed by atoms with Crippen LogP contribution in [-0.2, 0) is 32.7 Å². The van der Waals surface area contributed by atoms with Crippen LogP contribution in [-0.4, -0.2) is 11.0 Å². The molecule has 0 aromatic heterocycles. The number of carbonyl (C=O) groups excluding carboxylic acids is 2. The average Bonchev–Trinajstić information content (AvgIpc) is 2.59. The Hall–Kier alpha value is -1.87. The monoisotopic (exact) mass is 486 g/mol. The van der Waals surface area contributed by atoms with Gasteiger partial charge in [-0.25, -0.2) is 0 Å². The standard InChI is InChI=1S/C18H10BrClF6O2/c19-16(15(20)28,11-5-7-13(8-6-11)18(24,25)26)14(27)9-10-1-3-12(4-2-10)17(21,22)23/h1-8H,9H2. The lowest BCUT2D eigenvalue weighted by Crippen LogP contribution is -2.36. The lowest BCUT2D eigenvalue weighted by atomic mass is 9.91. The first-order valence-corrected chi connectivity index (χ1v) is 8.69. The number of hydrogen-bond donors (Lipinski definition) is 0. The minimum atomic E-state index is -4.61. The molecule has 150 valence electrons. The average molecular weight is 488 g/mol. The van der Waals surface area contributed by atoms with E-state index in [1.165, 1.54) is 0 Å². The Morgan fingerprint density at radius 2 is 1.11 bits per heavy atom. The zero-order valence-corrected chi connectivity index (χ0v) is 16.0. The minimum absolute atomic E-state index is 0.127. The molecule has 0 saturated heterocycles. The van der Waals surface area contributed by atoms with Crippen molar-refractivity contribution in [1.29, 1.82) is 0 Å². The Bertz CT molecular complexity index is 875. The molecule has 0 bridgehead atoms. The van der Waals surface area contributed by atoms with E-state index >= 15 is 0 Å². The third kappa shape index (κ3) is 4.75. The van der Waals surface area contributed by atoms with Gasteiger partial charge in [-0.15, -0.1) is 0 Å². The predicted molar refractivity (Wildman–Crippen MR) is 93.1 cm³/mol. The number of halogens is 8. The molecule has 0 heterocycles. The minimum Gasteiger partial charge on any atom is -0.297 e. The number of rotatable bonds is 5. The summed E-state index contributed by atoms with van der Waals surface area (Å²) in [6, 6.07) is 6.94. The molecule has 0 fully saturated rings. The molecule has 2 nitrogen and oxygen atoms in total. The largest absolute Gasteiger partial charge is 0.416 e. The Morgan fingerprint density at radius 3 is 1.46 bits per heavy atom. The van der Waals surface area contributed by atoms with Crippen LogP contribution in [0.5, 0.6) is 0 Å². The van der Waals surface area contributed by atoms with Gasteiger partial charge in [0.2, 0.25) is 5.24 Å². The summed E-state index contributed by atoms with van der Waals surface area (Å²) < 4.78 is 73.7. The number of Topliss-reactive ketones (excluding diaryl/α,β-unsaturated/α-hetero) is 1. The molecule has 2 aromatic carbocycles. The van der Waals surface area contributed by atoms with Crippen LogP contribution in [0, 0.1) is 0 Å². The van der Waals surface area contributed by atoms with E-state index in [1.54, 1.807) is 0 Å². The SMILES string of the molecule is O=C(Cl)C(Br)(C(=O)Cc1ccc(C(F)(F)F)cc1)c1ccc(C(F)(F)F)cc1. The summed E-state index contributed by atoms with van der Waals surface area (Å²) in [7, 11) is 0. The van der Waals surface area contributed by atoms with Crippen LogP contribution in [0.15, 0.2) is 48.5 Å². The Balaban J connectivity index is 2.32. The maximum absolute atomic E-state index is 12.7. The van der Waals surface area contributed by atoms with Gasteiger partial charge in [0.05, 0.1) is 11.1 Å². The van der Waals surface area contributed by atoms with Crippen LogP contribution in [0.1, 0.15) is 22.3 Å². The normalized spacial score (nSPS) is 14.4. The van der Waals surface area contributed by atoms with Crippen LogP contribution >= 0.6 is 27.5 Å². The number of benzene rings is 2. The van der Waals surface area contributed by atoms with Crippen LogP contribution in [0.2, 0.25) is 0 Å². The molecule has 0 spiro atoms. The van der Waals surface area contributed by atoms with E-state index in [0.29, 0.717) is 12.1 Å². The Labute approximate surface area is 168 Å². The molecule has 10 heteroatoms. The molecule has 0 N–H and O–H groups in total. The summed E-state index contributed by atoms with van der Waals surface area (Å²) in [5.74, 6) is -0.841. The van der Waals surface area contributed by atoms with Gasteiger partial charge in [0.15, 0.2) is 10.1 Å². The first kappa shape index (κ1) is 22.4. The highest BCUT2D eigenvalue weighted by Gasteiger charge is 2.44. The molecule has 2 rings (SSSR count). The third-order valence-corrected chi connectivity index (χ3v) is 5.68. The Morgan fingerprint density at radius 1 is 0.750 bits per heavy atom. The van der Waals surface area contributed by atoms with Gasteiger partial charge in [-0.05, 0) is 47.0 Å². The van der Waals surface area contributed by atoms with Crippen molar-refractivity contribution in [2.24, 2.45) is 0 Å². The fourth-order valence-corrected chi connectivity index (χ4v) is 3.01. The van der Waals surface area contributed by atoms with Crippen LogP contribution < -0.4 is 0 Å². The first-order valence-electron chi connectivity index (χ1n) is 7.52. The second-order valence-electron chi connectivity index (χ2n) is 5.80. The maximum atomic E-state index is 12.7. The van der Waals surface area contributed by atoms with Gasteiger partial charge in [0.25, 0.3) is 0 Å². The highest BCUT2D eigenvalue weighted by atomic mass is 79.9. The summed E-state index contributed by atoms with van der Waals surface area (Å²) in [6.07, 6.45) is -9.63. The summed E-state index contributed by atoms with van der Waals surface area (Å²) >= 11 is 8.43. The summed E-state index contributed by atoms with van der Waals surface area (Å²) in [6.45, 7) is 0. The van der Waals surface area contributed by atoms with Gasteiger partial charge in [0.1, 0.15) is 0 Å². The fraction of sp³-hybridized carbons (Fsp3) is 0.222. The number of ketones is 1. The number of carbonyl (C=O) groups is 2. The van der Waals surface area contributed by atoms with Crippen molar-refractivity contribution in [3.8, 4) is 0 Å². The summed E-state index contributed by atoms with van der Waals surface area (Å²) in [5, 5.41) is -1.19. The van der Waals surface area contributed by atoms with Gasteiger partial charge in [-0.3, -0.25) is 9.59 Å². The molecule has 0 amide bonds. The number of hydrogen-bond acceptors (Lipinski definition) is 2. The van der Waals surface area contributed by atoms with Crippen molar-refractivity contribution in [1.82, 2.24) is 0 Å². The molecule has 2 aromatic rings. The van der Waals surface area contributed by atoms with E-state index in [2.05, 4.69) is 15.9 Å². The molecule has 0 radical (unpaired) electrons. The molecule has 28 heavy (non-hydrogen) atoms. The van der Waals surface area contributed by atoms with Crippen molar-refractivity contribution < 1.29 is 35.9 Å². The van der Waals surface area contributed by atoms with Gasteiger partial charge < -0.3 is 0 Å². The second-order valence-corrected chi connectivity index (χ2v) is 7.33. The zero-order valence-electron chi connectivity index (χ0n) is 13.7. The third-order valence-electron chi connectivity index (χ3n) is 3.91. The van der Waals surface area contributed by atoms with Crippen LogP contribution in [0.3, 0.4) is 0 Å². The molecule has 0 aliphatic rings. The fourth-order valence-electron chi connectivity index (χ4n) is 2.39. The molecular weight excluding hydrogens is 478 g/mol. The maximum Gasteiger partial charge on any atom is 0.416 e. The van der Waals surface area contributed by atoms with E-state index < -0.39 is 45.3 Å². The van der Waals surface area contributed by atoms with Crippen LogP contribution in [0.25, 0.3) is 0 Å². The van der Waals surface area contributed by atoms with Gasteiger partial charge in [0, 0.05) is 6.42 Å². The van der Waals surface area contributed by atoms with Crippen molar-refractivity contribution >= 4 is 38.6 Å². The van der Waals surface area contributed by atoms with Crippen molar-refractivity contribution in [3.05, 3.63) is 70.8 Å². The molecule has 1 atom stereocenters. The topological polar surface area (TPSA) is 34.1 Å².